The maximum atomic E-state index is 14.0. The first kappa shape index (κ1) is 24.3. The number of benzene rings is 3. The van der Waals surface area contributed by atoms with Crippen molar-refractivity contribution < 1.29 is 9.53 Å². The van der Waals surface area contributed by atoms with E-state index in [2.05, 4.69) is 101 Å². The van der Waals surface area contributed by atoms with Crippen LogP contribution in [0.1, 0.15) is 50.8 Å². The van der Waals surface area contributed by atoms with Crippen molar-refractivity contribution in [1.29, 1.82) is 0 Å². The van der Waals surface area contributed by atoms with E-state index in [1.54, 1.807) is 0 Å². The zero-order valence-corrected chi connectivity index (χ0v) is 22.2. The maximum Gasteiger partial charge on any atom is 0.326 e. The first-order valence-corrected chi connectivity index (χ1v) is 13.8. The van der Waals surface area contributed by atoms with E-state index in [4.69, 9.17) is 4.74 Å². The molecule has 0 spiro atoms. The minimum atomic E-state index is -0.194. The lowest BCUT2D eigenvalue weighted by atomic mass is 9.96. The van der Waals surface area contributed by atoms with E-state index in [1.165, 1.54) is 11.1 Å². The number of fused-ring (bicyclic) bond motifs is 2. The molecule has 6 heteroatoms. The van der Waals surface area contributed by atoms with Crippen LogP contribution in [0.2, 0.25) is 0 Å². The van der Waals surface area contributed by atoms with Gasteiger partial charge in [-0.2, -0.15) is 0 Å². The number of anilines is 1. The molecule has 0 aliphatic carbocycles. The van der Waals surface area contributed by atoms with Gasteiger partial charge in [0.05, 0.1) is 18.3 Å². The van der Waals surface area contributed by atoms with Crippen LogP contribution in [0.5, 0.6) is 5.75 Å². The van der Waals surface area contributed by atoms with Crippen LogP contribution < -0.4 is 15.0 Å². The van der Waals surface area contributed by atoms with Crippen LogP contribution in [0.15, 0.2) is 60.7 Å². The molecule has 2 amide bonds. The molecule has 2 atom stereocenters. The highest BCUT2D eigenvalue weighted by Crippen LogP contribution is 2.43. The topological polar surface area (TPSA) is 48.0 Å². The summed E-state index contributed by atoms with van der Waals surface area (Å²) in [7, 11) is 0. The molecule has 6 nitrogen and oxygen atoms in total. The van der Waals surface area contributed by atoms with E-state index < -0.39 is 0 Å². The summed E-state index contributed by atoms with van der Waals surface area (Å²) in [5, 5.41) is 5.91. The lowest BCUT2D eigenvalue weighted by Gasteiger charge is -2.43. The number of carbonyl (C=O) groups excluding carboxylic acids is 1. The van der Waals surface area contributed by atoms with Gasteiger partial charge in [0.2, 0.25) is 0 Å². The van der Waals surface area contributed by atoms with Crippen molar-refractivity contribution in [2.45, 2.75) is 57.8 Å². The molecule has 3 aromatic rings. The second-order valence-corrected chi connectivity index (χ2v) is 11.3. The highest BCUT2D eigenvalue weighted by Gasteiger charge is 2.45. The highest BCUT2D eigenvalue weighted by atomic mass is 16.5. The molecule has 2 fully saturated rings. The molecule has 3 aliphatic rings. The maximum absolute atomic E-state index is 14.0. The molecule has 0 bridgehead atoms. The van der Waals surface area contributed by atoms with Gasteiger partial charge in [-0.3, -0.25) is 9.80 Å². The largest absolute Gasteiger partial charge is 0.487 e. The van der Waals surface area contributed by atoms with Gasteiger partial charge < -0.3 is 15.0 Å². The van der Waals surface area contributed by atoms with E-state index in [0.29, 0.717) is 6.54 Å². The quantitative estimate of drug-likeness (QED) is 0.483. The number of unbranched alkanes of at least 4 members (excludes halogenated alkanes) is 1. The zero-order valence-electron chi connectivity index (χ0n) is 22.2. The third-order valence-corrected chi connectivity index (χ3v) is 8.11. The van der Waals surface area contributed by atoms with Gasteiger partial charge >= 0.3 is 6.03 Å². The Kier molecular flexibility index (Phi) is 6.33. The first-order valence-electron chi connectivity index (χ1n) is 13.8. The lowest BCUT2D eigenvalue weighted by molar-refractivity contribution is 0.0988. The van der Waals surface area contributed by atoms with Gasteiger partial charge in [-0.25, -0.2) is 4.79 Å². The summed E-state index contributed by atoms with van der Waals surface area (Å²) < 4.78 is 6.51. The number of piperazine rings is 1. The SMILES string of the molecule is CCCCN1CC(N2CCNCC2c2cccc3c2OC(C)(C)C3)N(c2cccc3ccccc23)C1=O. The van der Waals surface area contributed by atoms with Gasteiger partial charge in [0.15, 0.2) is 0 Å². The van der Waals surface area contributed by atoms with E-state index in [1.807, 2.05) is 0 Å². The number of carbonyl (C=O) groups is 1. The van der Waals surface area contributed by atoms with Gasteiger partial charge in [0.25, 0.3) is 0 Å². The summed E-state index contributed by atoms with van der Waals surface area (Å²) in [6.07, 6.45) is 2.96. The number of hydrogen-bond acceptors (Lipinski definition) is 4. The van der Waals surface area contributed by atoms with Crippen LogP contribution in [-0.4, -0.2) is 60.3 Å². The fourth-order valence-corrected chi connectivity index (χ4v) is 6.37. The highest BCUT2D eigenvalue weighted by molar-refractivity contribution is 6.04. The van der Waals surface area contributed by atoms with Crippen molar-refractivity contribution >= 4 is 22.5 Å². The van der Waals surface area contributed by atoms with Crippen molar-refractivity contribution in [3.8, 4) is 5.75 Å². The summed E-state index contributed by atoms with van der Waals surface area (Å²) in [5.74, 6) is 1.04. The van der Waals surface area contributed by atoms with Gasteiger partial charge in [0, 0.05) is 43.5 Å². The normalized spacial score (nSPS) is 23.5. The average molecular weight is 499 g/mol. The van der Waals surface area contributed by atoms with Crippen LogP contribution in [0.3, 0.4) is 0 Å². The Bertz CT molecular complexity index is 1300. The van der Waals surface area contributed by atoms with Gasteiger partial charge in [-0.05, 0) is 37.3 Å². The Morgan fingerprint density at radius 2 is 1.86 bits per heavy atom. The van der Waals surface area contributed by atoms with Gasteiger partial charge in [0.1, 0.15) is 17.5 Å². The fourth-order valence-electron chi connectivity index (χ4n) is 6.37. The van der Waals surface area contributed by atoms with Crippen molar-refractivity contribution in [1.82, 2.24) is 15.1 Å². The molecule has 3 aromatic carbocycles. The Labute approximate surface area is 220 Å². The Balaban J connectivity index is 1.42. The number of urea groups is 1. The molecule has 0 saturated carbocycles. The molecule has 2 saturated heterocycles. The number of nitrogens with one attached hydrogen (secondary N) is 1. The number of hydrogen-bond donors (Lipinski definition) is 1. The fraction of sp³-hybridized carbons (Fsp3) is 0.452. The number of nitrogens with zero attached hydrogens (tertiary/aromatic N) is 3. The second-order valence-electron chi connectivity index (χ2n) is 11.3. The van der Waals surface area contributed by atoms with E-state index in [-0.39, 0.29) is 23.8 Å². The third-order valence-electron chi connectivity index (χ3n) is 8.11. The minimum absolute atomic E-state index is 0.0486. The van der Waals surface area contributed by atoms with Crippen molar-refractivity contribution in [2.75, 3.05) is 37.6 Å². The molecule has 37 heavy (non-hydrogen) atoms. The Morgan fingerprint density at radius 3 is 2.73 bits per heavy atom. The molecule has 2 unspecified atom stereocenters. The van der Waals surface area contributed by atoms with E-state index >= 15 is 0 Å². The minimum Gasteiger partial charge on any atom is -0.487 e. The summed E-state index contributed by atoms with van der Waals surface area (Å²) in [5.41, 5.74) is 3.32. The standard InChI is InChI=1S/C31H38N4O2/c1-4-5-17-33-21-28(35(30(33)36)26-15-9-11-22-10-6-7-13-24(22)26)34-18-16-32-20-27(34)25-14-8-12-23-19-31(2,3)37-29(23)25/h6-15,27-28,32H,4-5,16-21H2,1-3H3. The molecule has 0 radical (unpaired) electrons. The number of amides is 2. The average Bonchev–Trinajstić information content (AvgIpc) is 3.41. The number of para-hydroxylation sites is 1. The van der Waals surface area contributed by atoms with Crippen molar-refractivity contribution in [3.05, 3.63) is 71.8 Å². The molecule has 6 rings (SSSR count). The van der Waals surface area contributed by atoms with E-state index in [0.717, 1.165) is 67.7 Å². The molecule has 3 aliphatic heterocycles. The summed E-state index contributed by atoms with van der Waals surface area (Å²) >= 11 is 0. The molecule has 1 N–H and O–H groups in total. The van der Waals surface area contributed by atoms with E-state index in [9.17, 15) is 4.79 Å². The predicted octanol–water partition coefficient (Wildman–Crippen LogP) is 5.57. The van der Waals surface area contributed by atoms with Crippen LogP contribution in [-0.2, 0) is 6.42 Å². The van der Waals surface area contributed by atoms with Crippen LogP contribution in [0, 0.1) is 0 Å². The van der Waals surface area contributed by atoms with Crippen molar-refractivity contribution in [2.24, 2.45) is 0 Å². The van der Waals surface area contributed by atoms with Crippen LogP contribution in [0.4, 0.5) is 10.5 Å². The molecular weight excluding hydrogens is 460 g/mol. The van der Waals surface area contributed by atoms with Crippen molar-refractivity contribution in [3.63, 3.8) is 0 Å². The summed E-state index contributed by atoms with van der Waals surface area (Å²) in [4.78, 5) is 20.7. The van der Waals surface area contributed by atoms with Gasteiger partial charge in [-0.15, -0.1) is 0 Å². The van der Waals surface area contributed by atoms with Crippen LogP contribution >= 0.6 is 0 Å². The monoisotopic (exact) mass is 498 g/mol. The molecule has 194 valence electrons. The first-order chi connectivity index (χ1) is 18.0. The number of ether oxygens (including phenoxy) is 1. The smallest absolute Gasteiger partial charge is 0.326 e. The third kappa shape index (κ3) is 4.36. The molecular formula is C31H38N4O2. The van der Waals surface area contributed by atoms with Crippen LogP contribution in [0.25, 0.3) is 10.8 Å². The summed E-state index contributed by atoms with van der Waals surface area (Å²) in [6, 6.07) is 21.5. The Morgan fingerprint density at radius 1 is 1.05 bits per heavy atom. The van der Waals surface area contributed by atoms with Gasteiger partial charge in [-0.1, -0.05) is 67.9 Å². The molecule has 3 heterocycles. The predicted molar refractivity (Wildman–Crippen MR) is 149 cm³/mol. The lowest BCUT2D eigenvalue weighted by Crippen LogP contribution is -2.56. The second kappa shape index (κ2) is 9.66. The number of rotatable bonds is 6. The zero-order chi connectivity index (χ0) is 25.6. The Hall–Kier alpha value is -3.09. The summed E-state index contributed by atoms with van der Waals surface area (Å²) in [6.45, 7) is 10.6. The molecule has 0 aromatic heterocycles.